The van der Waals surface area contributed by atoms with Crippen LogP contribution >= 0.6 is 0 Å². The maximum Gasteiger partial charge on any atom is 0.150 e. The van der Waals surface area contributed by atoms with E-state index in [1.54, 1.807) is 7.11 Å². The zero-order chi connectivity index (χ0) is 12.5. The number of hydrogen-bond acceptors (Lipinski definition) is 2. The van der Waals surface area contributed by atoms with Crippen LogP contribution in [0, 0.1) is 0 Å². The van der Waals surface area contributed by atoms with E-state index in [2.05, 4.69) is 18.0 Å². The van der Waals surface area contributed by atoms with E-state index in [0.29, 0.717) is 0 Å². The fourth-order valence-electron chi connectivity index (χ4n) is 2.08. The number of rotatable bonds is 3. The van der Waals surface area contributed by atoms with E-state index in [1.807, 2.05) is 30.3 Å². The molecule has 0 fully saturated rings. The fourth-order valence-corrected chi connectivity index (χ4v) is 2.08. The minimum absolute atomic E-state index is 0.851. The van der Waals surface area contributed by atoms with Gasteiger partial charge in [0.05, 0.1) is 12.8 Å². The SMILES string of the molecule is CCc1ccc(-c2cc3ccc(OC)cc3[nH]2)o1. The summed E-state index contributed by atoms with van der Waals surface area (Å²) in [5, 5.41) is 1.15. The molecule has 0 unspecified atom stereocenters. The largest absolute Gasteiger partial charge is 0.497 e. The predicted octanol–water partition coefficient (Wildman–Crippen LogP) is 4.00. The van der Waals surface area contributed by atoms with E-state index >= 15 is 0 Å². The van der Waals surface area contributed by atoms with Gasteiger partial charge >= 0.3 is 0 Å². The van der Waals surface area contributed by atoms with Crippen LogP contribution in [-0.2, 0) is 6.42 Å². The summed E-state index contributed by atoms with van der Waals surface area (Å²) >= 11 is 0. The second kappa shape index (κ2) is 4.26. The molecular weight excluding hydrogens is 226 g/mol. The zero-order valence-corrected chi connectivity index (χ0v) is 10.5. The number of methoxy groups -OCH3 is 1. The van der Waals surface area contributed by atoms with Gasteiger partial charge in [-0.15, -0.1) is 0 Å². The third kappa shape index (κ3) is 1.78. The number of nitrogens with one attached hydrogen (secondary N) is 1. The predicted molar refractivity (Wildman–Crippen MR) is 71.9 cm³/mol. The van der Waals surface area contributed by atoms with Crippen LogP contribution in [0.3, 0.4) is 0 Å². The molecule has 3 rings (SSSR count). The third-order valence-electron chi connectivity index (χ3n) is 3.11. The Morgan fingerprint density at radius 2 is 2.06 bits per heavy atom. The van der Waals surface area contributed by atoms with E-state index in [1.165, 1.54) is 0 Å². The summed E-state index contributed by atoms with van der Waals surface area (Å²) in [6, 6.07) is 12.1. The number of aromatic nitrogens is 1. The van der Waals surface area contributed by atoms with Gasteiger partial charge < -0.3 is 14.1 Å². The molecule has 0 aliphatic rings. The van der Waals surface area contributed by atoms with Crippen LogP contribution in [0.1, 0.15) is 12.7 Å². The number of fused-ring (bicyclic) bond motifs is 1. The average molecular weight is 241 g/mol. The number of furan rings is 1. The second-order valence-electron chi connectivity index (χ2n) is 4.26. The van der Waals surface area contributed by atoms with Gasteiger partial charge in [-0.1, -0.05) is 6.92 Å². The van der Waals surface area contributed by atoms with Gasteiger partial charge in [-0.25, -0.2) is 0 Å². The molecule has 3 nitrogen and oxygen atoms in total. The molecule has 18 heavy (non-hydrogen) atoms. The average Bonchev–Trinajstić information content (AvgIpc) is 3.03. The molecule has 0 spiro atoms. The Morgan fingerprint density at radius 3 is 2.78 bits per heavy atom. The van der Waals surface area contributed by atoms with Crippen molar-refractivity contribution < 1.29 is 9.15 Å². The minimum atomic E-state index is 0.851. The maximum absolute atomic E-state index is 5.74. The van der Waals surface area contributed by atoms with Crippen molar-refractivity contribution in [2.24, 2.45) is 0 Å². The van der Waals surface area contributed by atoms with E-state index in [4.69, 9.17) is 9.15 Å². The number of aryl methyl sites for hydroxylation is 1. The second-order valence-corrected chi connectivity index (χ2v) is 4.26. The molecule has 0 saturated heterocycles. The van der Waals surface area contributed by atoms with E-state index < -0.39 is 0 Å². The Kier molecular flexibility index (Phi) is 2.59. The minimum Gasteiger partial charge on any atom is -0.497 e. The van der Waals surface area contributed by atoms with Crippen LogP contribution in [0.4, 0.5) is 0 Å². The van der Waals surface area contributed by atoms with Crippen molar-refractivity contribution in [3.05, 3.63) is 42.2 Å². The monoisotopic (exact) mass is 241 g/mol. The lowest BCUT2D eigenvalue weighted by Crippen LogP contribution is -1.80. The molecule has 92 valence electrons. The van der Waals surface area contributed by atoms with Crippen molar-refractivity contribution in [1.29, 1.82) is 0 Å². The number of hydrogen-bond donors (Lipinski definition) is 1. The molecule has 0 radical (unpaired) electrons. The zero-order valence-electron chi connectivity index (χ0n) is 10.5. The molecule has 3 aromatic rings. The molecule has 2 heterocycles. The highest BCUT2D eigenvalue weighted by Crippen LogP contribution is 2.28. The Labute approximate surface area is 105 Å². The van der Waals surface area contributed by atoms with Crippen LogP contribution in [0.5, 0.6) is 5.75 Å². The topological polar surface area (TPSA) is 38.2 Å². The first-order valence-corrected chi connectivity index (χ1v) is 6.06. The summed E-state index contributed by atoms with van der Waals surface area (Å²) in [6.45, 7) is 2.08. The summed E-state index contributed by atoms with van der Waals surface area (Å²) in [6.07, 6.45) is 0.911. The van der Waals surface area contributed by atoms with Gasteiger partial charge in [0.1, 0.15) is 11.5 Å². The van der Waals surface area contributed by atoms with Gasteiger partial charge in [0.2, 0.25) is 0 Å². The van der Waals surface area contributed by atoms with Crippen LogP contribution in [0.15, 0.2) is 40.8 Å². The summed E-state index contributed by atoms with van der Waals surface area (Å²) in [5.74, 6) is 2.73. The van der Waals surface area contributed by atoms with Gasteiger partial charge in [-0.3, -0.25) is 0 Å². The number of H-pyrrole nitrogens is 1. The molecule has 3 heteroatoms. The van der Waals surface area contributed by atoms with Gasteiger partial charge in [0.25, 0.3) is 0 Å². The Balaban J connectivity index is 2.07. The van der Waals surface area contributed by atoms with Crippen molar-refractivity contribution in [3.8, 4) is 17.2 Å². The van der Waals surface area contributed by atoms with Crippen LogP contribution in [0.25, 0.3) is 22.4 Å². The van der Waals surface area contributed by atoms with Gasteiger partial charge in [-0.2, -0.15) is 0 Å². The Bertz CT molecular complexity index is 679. The number of ether oxygens (including phenoxy) is 1. The summed E-state index contributed by atoms with van der Waals surface area (Å²) in [5.41, 5.74) is 2.05. The van der Waals surface area contributed by atoms with Crippen molar-refractivity contribution in [2.45, 2.75) is 13.3 Å². The lowest BCUT2D eigenvalue weighted by molar-refractivity contribution is 0.415. The normalized spacial score (nSPS) is 11.0. The van der Waals surface area contributed by atoms with Crippen molar-refractivity contribution in [2.75, 3.05) is 7.11 Å². The number of aromatic amines is 1. The molecule has 0 saturated carbocycles. The van der Waals surface area contributed by atoms with E-state index in [-0.39, 0.29) is 0 Å². The molecule has 0 bridgehead atoms. The molecule has 0 atom stereocenters. The number of benzene rings is 1. The summed E-state index contributed by atoms with van der Waals surface area (Å²) in [7, 11) is 1.67. The first-order valence-electron chi connectivity index (χ1n) is 6.06. The fraction of sp³-hybridized carbons (Fsp3) is 0.200. The lowest BCUT2D eigenvalue weighted by atomic mass is 10.2. The standard InChI is InChI=1S/C15H15NO2/c1-3-11-6-7-15(18-11)14-8-10-4-5-12(17-2)9-13(10)16-14/h4-9,16H,3H2,1-2H3. The quantitative estimate of drug-likeness (QED) is 0.752. The third-order valence-corrected chi connectivity index (χ3v) is 3.11. The van der Waals surface area contributed by atoms with Crippen molar-refractivity contribution in [3.63, 3.8) is 0 Å². The molecule has 0 aliphatic carbocycles. The lowest BCUT2D eigenvalue weighted by Gasteiger charge is -1.97. The van der Waals surface area contributed by atoms with Crippen molar-refractivity contribution >= 4 is 10.9 Å². The molecule has 0 amide bonds. The smallest absolute Gasteiger partial charge is 0.150 e. The molecule has 1 aromatic carbocycles. The Hall–Kier alpha value is -2.16. The first kappa shape index (κ1) is 11.0. The molecule has 0 aliphatic heterocycles. The highest BCUT2D eigenvalue weighted by Gasteiger charge is 2.08. The van der Waals surface area contributed by atoms with Gasteiger partial charge in [-0.05, 0) is 30.3 Å². The highest BCUT2D eigenvalue weighted by molar-refractivity contribution is 5.86. The van der Waals surface area contributed by atoms with Gasteiger partial charge in [0.15, 0.2) is 5.76 Å². The Morgan fingerprint density at radius 1 is 1.17 bits per heavy atom. The van der Waals surface area contributed by atoms with E-state index in [9.17, 15) is 0 Å². The summed E-state index contributed by atoms with van der Waals surface area (Å²) in [4.78, 5) is 3.35. The summed E-state index contributed by atoms with van der Waals surface area (Å²) < 4.78 is 11.0. The van der Waals surface area contributed by atoms with Crippen LogP contribution in [-0.4, -0.2) is 12.1 Å². The molecular formula is C15H15NO2. The van der Waals surface area contributed by atoms with Crippen LogP contribution < -0.4 is 4.74 Å². The first-order chi connectivity index (χ1) is 8.80. The van der Waals surface area contributed by atoms with E-state index in [0.717, 1.165) is 40.3 Å². The highest BCUT2D eigenvalue weighted by atomic mass is 16.5. The van der Waals surface area contributed by atoms with Crippen molar-refractivity contribution in [1.82, 2.24) is 4.98 Å². The van der Waals surface area contributed by atoms with Crippen LogP contribution in [0.2, 0.25) is 0 Å². The maximum atomic E-state index is 5.74. The molecule has 2 aromatic heterocycles. The van der Waals surface area contributed by atoms with Gasteiger partial charge in [0, 0.05) is 23.4 Å². The molecule has 1 N–H and O–H groups in total.